The minimum atomic E-state index is -0.312. The van der Waals surface area contributed by atoms with Gasteiger partial charge in [-0.15, -0.1) is 0 Å². The van der Waals surface area contributed by atoms with Crippen LogP contribution in [0, 0.1) is 13.8 Å². The van der Waals surface area contributed by atoms with Crippen LogP contribution < -0.4 is 20.9 Å². The average molecular weight is 508 g/mol. The fourth-order valence-corrected chi connectivity index (χ4v) is 5.57. The molecule has 37 heavy (non-hydrogen) atoms. The van der Waals surface area contributed by atoms with Gasteiger partial charge in [-0.1, -0.05) is 0 Å². The molecule has 0 saturated carbocycles. The standard InChI is InChI=1S/C27H37N7O3/c1-18(2)33-19(3)20(4)34-23-24(28-26(33)34)29(5)27(36)32(25(23)35)13-7-12-30-14-16-31(17-15-30)21-8-10-22(37-6)11-9-21/h8-11,18H,7,12-17H2,1-6H3. The van der Waals surface area contributed by atoms with Gasteiger partial charge in [0.05, 0.1) is 7.11 Å². The van der Waals surface area contributed by atoms with Crippen molar-refractivity contribution in [3.8, 4) is 5.75 Å². The zero-order valence-electron chi connectivity index (χ0n) is 22.7. The van der Waals surface area contributed by atoms with Crippen molar-refractivity contribution in [2.24, 2.45) is 7.05 Å². The predicted molar refractivity (Wildman–Crippen MR) is 146 cm³/mol. The molecule has 0 radical (unpaired) electrons. The molecular weight excluding hydrogens is 470 g/mol. The maximum Gasteiger partial charge on any atom is 0.332 e. The highest BCUT2D eigenvalue weighted by atomic mass is 16.5. The van der Waals surface area contributed by atoms with E-state index in [4.69, 9.17) is 9.72 Å². The smallest absolute Gasteiger partial charge is 0.332 e. The van der Waals surface area contributed by atoms with Crippen molar-refractivity contribution >= 4 is 22.6 Å². The number of anilines is 1. The summed E-state index contributed by atoms with van der Waals surface area (Å²) >= 11 is 0. The number of aromatic nitrogens is 5. The van der Waals surface area contributed by atoms with Crippen molar-refractivity contribution in [3.63, 3.8) is 0 Å². The van der Waals surface area contributed by atoms with Gasteiger partial charge in [-0.05, 0) is 64.9 Å². The Labute approximate surface area is 216 Å². The molecule has 0 aliphatic carbocycles. The van der Waals surface area contributed by atoms with Crippen molar-refractivity contribution < 1.29 is 4.74 Å². The van der Waals surface area contributed by atoms with E-state index in [1.165, 1.54) is 14.8 Å². The topological polar surface area (TPSA) is 81.9 Å². The number of rotatable bonds is 7. The number of hydrogen-bond donors (Lipinski definition) is 0. The molecule has 0 amide bonds. The predicted octanol–water partition coefficient (Wildman–Crippen LogP) is 2.57. The Morgan fingerprint density at radius 3 is 2.27 bits per heavy atom. The van der Waals surface area contributed by atoms with Crippen LogP contribution in [0.15, 0.2) is 33.9 Å². The van der Waals surface area contributed by atoms with Gasteiger partial charge in [0.2, 0.25) is 5.78 Å². The van der Waals surface area contributed by atoms with Crippen LogP contribution >= 0.6 is 0 Å². The largest absolute Gasteiger partial charge is 0.497 e. The molecule has 1 aliphatic rings. The van der Waals surface area contributed by atoms with Crippen molar-refractivity contribution in [1.82, 2.24) is 28.0 Å². The number of imidazole rings is 2. The molecule has 0 atom stereocenters. The van der Waals surface area contributed by atoms with E-state index in [2.05, 4.69) is 40.3 Å². The number of benzene rings is 1. The van der Waals surface area contributed by atoms with Crippen LogP contribution in [0.1, 0.15) is 37.7 Å². The molecule has 5 rings (SSSR count). The van der Waals surface area contributed by atoms with Crippen LogP contribution in [0.5, 0.6) is 5.75 Å². The first-order chi connectivity index (χ1) is 17.7. The molecule has 1 saturated heterocycles. The van der Waals surface area contributed by atoms with E-state index in [-0.39, 0.29) is 17.3 Å². The normalized spacial score (nSPS) is 14.9. The number of hydrogen-bond acceptors (Lipinski definition) is 6. The molecule has 0 unspecified atom stereocenters. The number of methoxy groups -OCH3 is 1. The summed E-state index contributed by atoms with van der Waals surface area (Å²) in [5.41, 5.74) is 3.59. The molecular formula is C27H37N7O3. The molecule has 1 aromatic carbocycles. The first-order valence-corrected chi connectivity index (χ1v) is 13.0. The van der Waals surface area contributed by atoms with E-state index in [1.54, 1.807) is 14.2 Å². The first-order valence-electron chi connectivity index (χ1n) is 13.0. The van der Waals surface area contributed by atoms with Crippen molar-refractivity contribution in [2.75, 3.05) is 44.7 Å². The van der Waals surface area contributed by atoms with E-state index in [0.29, 0.717) is 23.5 Å². The van der Waals surface area contributed by atoms with Gasteiger partial charge < -0.3 is 14.2 Å². The van der Waals surface area contributed by atoms with Gasteiger partial charge in [-0.2, -0.15) is 4.98 Å². The maximum atomic E-state index is 13.6. The second-order valence-corrected chi connectivity index (χ2v) is 10.2. The average Bonchev–Trinajstić information content (AvgIpc) is 3.40. The Bertz CT molecular complexity index is 1550. The molecule has 10 heteroatoms. The molecule has 10 nitrogen and oxygen atoms in total. The van der Waals surface area contributed by atoms with E-state index in [0.717, 1.165) is 56.3 Å². The van der Waals surface area contributed by atoms with E-state index in [1.807, 2.05) is 30.4 Å². The van der Waals surface area contributed by atoms with Gasteiger partial charge in [0.15, 0.2) is 11.2 Å². The lowest BCUT2D eigenvalue weighted by molar-refractivity contribution is 0.249. The van der Waals surface area contributed by atoms with E-state index >= 15 is 0 Å². The van der Waals surface area contributed by atoms with E-state index < -0.39 is 0 Å². The quantitative estimate of drug-likeness (QED) is 0.383. The molecule has 198 valence electrons. The number of piperazine rings is 1. The number of aryl methyl sites for hydroxylation is 2. The van der Waals surface area contributed by atoms with Gasteiger partial charge in [-0.25, -0.2) is 4.79 Å². The summed E-state index contributed by atoms with van der Waals surface area (Å²) in [7, 11) is 3.38. The lowest BCUT2D eigenvalue weighted by Crippen LogP contribution is -2.47. The first kappa shape index (κ1) is 25.1. The second kappa shape index (κ2) is 9.74. The molecule has 4 aromatic rings. The summed E-state index contributed by atoms with van der Waals surface area (Å²) in [6, 6.07) is 8.37. The fraction of sp³-hybridized carbons (Fsp3) is 0.519. The minimum absolute atomic E-state index is 0.192. The van der Waals surface area contributed by atoms with Gasteiger partial charge in [0.1, 0.15) is 5.75 Å². The molecule has 0 N–H and O–H groups in total. The SMILES string of the molecule is COc1ccc(N2CCN(CCCn3c(=O)c4c(nc5n(C(C)C)c(C)c(C)n45)n(C)c3=O)CC2)cc1. The number of fused-ring (bicyclic) bond motifs is 3. The summed E-state index contributed by atoms with van der Waals surface area (Å²) in [6.07, 6.45) is 0.732. The van der Waals surface area contributed by atoms with E-state index in [9.17, 15) is 9.59 Å². The molecule has 1 aliphatic heterocycles. The zero-order valence-corrected chi connectivity index (χ0v) is 22.7. The third-order valence-electron chi connectivity index (χ3n) is 7.74. The Balaban J connectivity index is 1.32. The summed E-state index contributed by atoms with van der Waals surface area (Å²) in [6.45, 7) is 13.3. The Morgan fingerprint density at radius 2 is 1.65 bits per heavy atom. The van der Waals surface area contributed by atoms with Crippen molar-refractivity contribution in [2.45, 2.75) is 46.7 Å². The Morgan fingerprint density at radius 1 is 0.973 bits per heavy atom. The van der Waals surface area contributed by atoms with Crippen molar-refractivity contribution in [1.29, 1.82) is 0 Å². The minimum Gasteiger partial charge on any atom is -0.497 e. The Kier molecular flexibility index (Phi) is 6.61. The summed E-state index contributed by atoms with van der Waals surface area (Å²) in [4.78, 5) is 36.3. The summed E-state index contributed by atoms with van der Waals surface area (Å²) in [5, 5.41) is 0. The second-order valence-electron chi connectivity index (χ2n) is 10.2. The monoisotopic (exact) mass is 507 g/mol. The van der Waals surface area contributed by atoms with Crippen LogP contribution in [0.3, 0.4) is 0 Å². The third-order valence-corrected chi connectivity index (χ3v) is 7.74. The molecule has 4 heterocycles. The summed E-state index contributed by atoms with van der Waals surface area (Å²) < 4.78 is 12.2. The third kappa shape index (κ3) is 4.22. The van der Waals surface area contributed by atoms with Gasteiger partial charge in [-0.3, -0.25) is 23.2 Å². The van der Waals surface area contributed by atoms with Crippen molar-refractivity contribution in [3.05, 3.63) is 56.5 Å². The highest BCUT2D eigenvalue weighted by Crippen LogP contribution is 2.24. The zero-order chi connectivity index (χ0) is 26.4. The molecule has 3 aromatic heterocycles. The van der Waals surface area contributed by atoms with Crippen LogP contribution in [-0.2, 0) is 13.6 Å². The molecule has 0 bridgehead atoms. The highest BCUT2D eigenvalue weighted by molar-refractivity contribution is 5.76. The van der Waals surface area contributed by atoms with Crippen LogP contribution in [-0.4, -0.2) is 67.8 Å². The molecule has 1 fully saturated rings. The van der Waals surface area contributed by atoms with Crippen LogP contribution in [0.25, 0.3) is 16.9 Å². The van der Waals surface area contributed by atoms with Crippen LogP contribution in [0.2, 0.25) is 0 Å². The maximum absolute atomic E-state index is 13.6. The van der Waals surface area contributed by atoms with Gasteiger partial charge >= 0.3 is 5.69 Å². The van der Waals surface area contributed by atoms with Gasteiger partial charge in [0, 0.05) is 62.9 Å². The number of nitrogens with zero attached hydrogens (tertiary/aromatic N) is 7. The van der Waals surface area contributed by atoms with Crippen LogP contribution in [0.4, 0.5) is 5.69 Å². The molecule has 0 spiro atoms. The Hall–Kier alpha value is -3.53. The summed E-state index contributed by atoms with van der Waals surface area (Å²) in [5.74, 6) is 1.57. The highest BCUT2D eigenvalue weighted by Gasteiger charge is 2.24. The van der Waals surface area contributed by atoms with Gasteiger partial charge in [0.25, 0.3) is 5.56 Å². The number of ether oxygens (including phenoxy) is 1. The lowest BCUT2D eigenvalue weighted by Gasteiger charge is -2.36. The lowest BCUT2D eigenvalue weighted by atomic mass is 10.2. The fourth-order valence-electron chi connectivity index (χ4n) is 5.57.